The van der Waals surface area contributed by atoms with E-state index in [0.717, 1.165) is 12.8 Å². The van der Waals surface area contributed by atoms with Gasteiger partial charge in [0.1, 0.15) is 5.82 Å². The largest absolute Gasteiger partial charge is 0.490 e. The molecule has 3 N–H and O–H groups in total. The molecule has 0 bridgehead atoms. The number of amides is 1. The van der Waals surface area contributed by atoms with Crippen LogP contribution in [0.25, 0.3) is 0 Å². The summed E-state index contributed by atoms with van der Waals surface area (Å²) in [5, 5.41) is 2.67. The normalized spacial score (nSPS) is 11.0. The second-order valence-electron chi connectivity index (χ2n) is 6.48. The molecule has 0 aliphatic heterocycles. The highest BCUT2D eigenvalue weighted by Gasteiger charge is 2.14. The Morgan fingerprint density at radius 3 is 2.76 bits per heavy atom. The van der Waals surface area contributed by atoms with Crippen molar-refractivity contribution in [2.24, 2.45) is 0 Å². The number of ether oxygens (including phenoxy) is 2. The number of nitrogens with two attached hydrogens (primary N) is 1. The van der Waals surface area contributed by atoms with Gasteiger partial charge in [-0.25, -0.2) is 9.37 Å². The van der Waals surface area contributed by atoms with Gasteiger partial charge in [-0.2, -0.15) is 0 Å². The molecule has 0 spiro atoms. The number of nitrogen functional groups attached to an aromatic ring is 1. The average Bonchev–Trinajstić information content (AvgIpc) is 2.71. The summed E-state index contributed by atoms with van der Waals surface area (Å²) in [5.41, 5.74) is 7.04. The Hall–Kier alpha value is -2.93. The third-order valence-corrected chi connectivity index (χ3v) is 4.17. The number of aromatic nitrogens is 1. The highest BCUT2D eigenvalue weighted by atomic mass is 19.1. The molecule has 2 rings (SSSR count). The number of carbonyl (C=O) groups is 1. The van der Waals surface area contributed by atoms with E-state index in [1.807, 2.05) is 6.08 Å². The Kier molecular flexibility index (Phi) is 9.11. The zero-order chi connectivity index (χ0) is 21.1. The lowest BCUT2D eigenvalue weighted by molar-refractivity contribution is 0.0951. The van der Waals surface area contributed by atoms with E-state index in [1.165, 1.54) is 0 Å². The molecular formula is C22H28FN3O3. The minimum atomic E-state index is -0.480. The Morgan fingerprint density at radius 1 is 1.24 bits per heavy atom. The van der Waals surface area contributed by atoms with E-state index in [4.69, 9.17) is 15.2 Å². The number of anilines is 1. The number of allylic oxidation sites excluding steroid dienone is 1. The van der Waals surface area contributed by atoms with Crippen LogP contribution in [-0.4, -0.2) is 24.6 Å². The molecule has 0 aliphatic rings. The highest BCUT2D eigenvalue weighted by molar-refractivity contribution is 5.98. The molecule has 1 amide bonds. The fourth-order valence-corrected chi connectivity index (χ4v) is 2.65. The average molecular weight is 401 g/mol. The van der Waals surface area contributed by atoms with Crippen LogP contribution in [0.5, 0.6) is 5.75 Å². The molecule has 1 aromatic heterocycles. The maximum Gasteiger partial charge on any atom is 0.255 e. The Labute approximate surface area is 170 Å². The number of benzene rings is 1. The lowest BCUT2D eigenvalue weighted by Gasteiger charge is -2.11. The highest BCUT2D eigenvalue weighted by Crippen LogP contribution is 2.21. The number of halogens is 1. The van der Waals surface area contributed by atoms with Gasteiger partial charge in [0.25, 0.3) is 5.91 Å². The van der Waals surface area contributed by atoms with Gasteiger partial charge in [0.05, 0.1) is 24.5 Å². The fraction of sp³-hybridized carbons (Fsp3) is 0.364. The monoisotopic (exact) mass is 401 g/mol. The first kappa shape index (κ1) is 22.4. The minimum absolute atomic E-state index is 0.0114. The van der Waals surface area contributed by atoms with Crippen molar-refractivity contribution in [3.05, 3.63) is 65.1 Å². The Bertz CT molecular complexity index is 840. The third-order valence-electron chi connectivity index (χ3n) is 4.17. The van der Waals surface area contributed by atoms with Gasteiger partial charge in [-0.05, 0) is 31.0 Å². The van der Waals surface area contributed by atoms with Crippen LogP contribution in [0.2, 0.25) is 0 Å². The molecular weight excluding hydrogens is 373 g/mol. The Morgan fingerprint density at radius 2 is 2.03 bits per heavy atom. The number of unbranched alkanes of at least 4 members (excludes halogenated alkanes) is 1. The summed E-state index contributed by atoms with van der Waals surface area (Å²) in [6, 6.07) is 8.12. The molecule has 2 aromatic rings. The zero-order valence-corrected chi connectivity index (χ0v) is 16.9. The molecule has 6 nitrogen and oxygen atoms in total. The van der Waals surface area contributed by atoms with Crippen LogP contribution < -0.4 is 15.8 Å². The molecule has 0 radical (unpaired) electrons. The van der Waals surface area contributed by atoms with Crippen molar-refractivity contribution in [1.29, 1.82) is 0 Å². The van der Waals surface area contributed by atoms with E-state index in [9.17, 15) is 9.18 Å². The lowest BCUT2D eigenvalue weighted by Crippen LogP contribution is -2.25. The maximum atomic E-state index is 14.6. The second kappa shape index (κ2) is 11.8. The van der Waals surface area contributed by atoms with Gasteiger partial charge in [-0.3, -0.25) is 4.79 Å². The summed E-state index contributed by atoms with van der Waals surface area (Å²) < 4.78 is 25.1. The van der Waals surface area contributed by atoms with Gasteiger partial charge in [-0.15, -0.1) is 0 Å². The second-order valence-corrected chi connectivity index (χ2v) is 6.48. The first-order valence-corrected chi connectivity index (χ1v) is 9.64. The van der Waals surface area contributed by atoms with Crippen molar-refractivity contribution in [2.45, 2.75) is 39.3 Å². The molecule has 0 aliphatic carbocycles. The number of rotatable bonds is 11. The number of nitrogens with zero attached hydrogens (tertiary/aromatic N) is 1. The molecule has 0 saturated heterocycles. The maximum absolute atomic E-state index is 14.6. The van der Waals surface area contributed by atoms with Crippen molar-refractivity contribution in [1.82, 2.24) is 10.3 Å². The Balaban J connectivity index is 1.94. The van der Waals surface area contributed by atoms with Crippen LogP contribution >= 0.6 is 0 Å². The quantitative estimate of drug-likeness (QED) is 0.439. The van der Waals surface area contributed by atoms with Crippen LogP contribution in [0, 0.1) is 5.82 Å². The molecule has 156 valence electrons. The summed E-state index contributed by atoms with van der Waals surface area (Å²) in [6.45, 7) is 2.82. The summed E-state index contributed by atoms with van der Waals surface area (Å²) in [6.07, 6.45) is 6.96. The number of methoxy groups -OCH3 is 1. The summed E-state index contributed by atoms with van der Waals surface area (Å²) in [7, 11) is 1.55. The van der Waals surface area contributed by atoms with Crippen LogP contribution in [0.3, 0.4) is 0 Å². The molecule has 1 heterocycles. The van der Waals surface area contributed by atoms with Crippen molar-refractivity contribution in [3.63, 3.8) is 0 Å². The molecule has 29 heavy (non-hydrogen) atoms. The van der Waals surface area contributed by atoms with Crippen LogP contribution in [0.1, 0.15) is 47.8 Å². The molecule has 0 saturated carbocycles. The molecule has 0 fully saturated rings. The first-order valence-electron chi connectivity index (χ1n) is 9.64. The predicted molar refractivity (Wildman–Crippen MR) is 111 cm³/mol. The third kappa shape index (κ3) is 6.87. The number of carbonyl (C=O) groups excluding carboxylic acids is 1. The van der Waals surface area contributed by atoms with E-state index >= 15 is 0 Å². The topological polar surface area (TPSA) is 86.5 Å². The van der Waals surface area contributed by atoms with E-state index < -0.39 is 11.7 Å². The van der Waals surface area contributed by atoms with Crippen molar-refractivity contribution >= 4 is 11.7 Å². The summed E-state index contributed by atoms with van der Waals surface area (Å²) >= 11 is 0. The first-order chi connectivity index (χ1) is 14.1. The van der Waals surface area contributed by atoms with Crippen LogP contribution in [-0.2, 0) is 17.9 Å². The molecule has 7 heteroatoms. The van der Waals surface area contributed by atoms with Gasteiger partial charge in [0.15, 0.2) is 11.6 Å². The summed E-state index contributed by atoms with van der Waals surface area (Å²) in [4.78, 5) is 16.5. The SMILES string of the molecule is CCC/C=C/CCOc1cccc(CNC(=O)c2ccc(COC)nc2N)c1F. The van der Waals surface area contributed by atoms with E-state index in [2.05, 4.69) is 23.3 Å². The van der Waals surface area contributed by atoms with Crippen molar-refractivity contribution < 1.29 is 18.7 Å². The van der Waals surface area contributed by atoms with Crippen LogP contribution in [0.15, 0.2) is 42.5 Å². The van der Waals surface area contributed by atoms with E-state index in [0.29, 0.717) is 30.9 Å². The molecule has 1 aromatic carbocycles. The predicted octanol–water partition coefficient (Wildman–Crippen LogP) is 4.00. The number of nitrogens with one attached hydrogen (secondary N) is 1. The van der Waals surface area contributed by atoms with Gasteiger partial charge in [0.2, 0.25) is 0 Å². The van der Waals surface area contributed by atoms with Gasteiger partial charge >= 0.3 is 0 Å². The van der Waals surface area contributed by atoms with Crippen LogP contribution in [0.4, 0.5) is 10.2 Å². The standard InChI is InChI=1S/C22H28FN3O3/c1-3-4-5-6-7-13-29-19-10-8-9-16(20(19)23)14-25-22(27)18-12-11-17(15-28-2)26-21(18)24/h5-6,8-12H,3-4,7,13-15H2,1-2H3,(H2,24,26)(H,25,27)/b6-5+. The summed E-state index contributed by atoms with van der Waals surface area (Å²) in [5.74, 6) is -0.630. The fourth-order valence-electron chi connectivity index (χ4n) is 2.65. The minimum Gasteiger partial charge on any atom is -0.490 e. The van der Waals surface area contributed by atoms with E-state index in [1.54, 1.807) is 37.4 Å². The molecule has 0 atom stereocenters. The van der Waals surface area contributed by atoms with Crippen molar-refractivity contribution in [2.75, 3.05) is 19.5 Å². The van der Waals surface area contributed by atoms with Crippen molar-refractivity contribution in [3.8, 4) is 5.75 Å². The van der Waals surface area contributed by atoms with Gasteiger partial charge in [0, 0.05) is 19.2 Å². The number of hydrogen-bond acceptors (Lipinski definition) is 5. The zero-order valence-electron chi connectivity index (χ0n) is 16.9. The van der Waals surface area contributed by atoms with E-state index in [-0.39, 0.29) is 23.7 Å². The lowest BCUT2D eigenvalue weighted by atomic mass is 10.1. The smallest absolute Gasteiger partial charge is 0.255 e. The van der Waals surface area contributed by atoms with Gasteiger partial charge < -0.3 is 20.5 Å². The number of pyridine rings is 1. The molecule has 0 unspecified atom stereocenters. The van der Waals surface area contributed by atoms with Gasteiger partial charge in [-0.1, -0.05) is 37.6 Å². The number of hydrogen-bond donors (Lipinski definition) is 2.